The van der Waals surface area contributed by atoms with Crippen molar-refractivity contribution in [2.45, 2.75) is 12.8 Å². The molecule has 3 heteroatoms. The molecule has 0 bridgehead atoms. The van der Waals surface area contributed by atoms with E-state index in [1.165, 1.54) is 12.0 Å². The van der Waals surface area contributed by atoms with E-state index in [4.69, 9.17) is 9.47 Å². The molecule has 0 aliphatic heterocycles. The van der Waals surface area contributed by atoms with Crippen LogP contribution >= 0.6 is 0 Å². The molecule has 1 aliphatic rings. The molecule has 0 spiro atoms. The van der Waals surface area contributed by atoms with E-state index in [1.807, 2.05) is 24.3 Å². The average molecular weight is 259 g/mol. The van der Waals surface area contributed by atoms with Gasteiger partial charge >= 0.3 is 0 Å². The lowest BCUT2D eigenvalue weighted by Crippen LogP contribution is -2.23. The minimum Gasteiger partial charge on any atom is -0.493 e. The first kappa shape index (κ1) is 13.7. The van der Waals surface area contributed by atoms with Crippen LogP contribution in [0.25, 0.3) is 0 Å². The van der Waals surface area contributed by atoms with E-state index < -0.39 is 0 Å². The third-order valence-corrected chi connectivity index (χ3v) is 3.01. The Hall–Kier alpha value is -1.74. The summed E-state index contributed by atoms with van der Waals surface area (Å²) in [4.78, 5) is 0. The summed E-state index contributed by atoms with van der Waals surface area (Å²) in [5.41, 5.74) is 1.36. The van der Waals surface area contributed by atoms with Crippen LogP contribution in [0.2, 0.25) is 0 Å². The van der Waals surface area contributed by atoms with Crippen LogP contribution in [0.3, 0.4) is 0 Å². The molecule has 0 saturated heterocycles. The molecule has 19 heavy (non-hydrogen) atoms. The molecule has 1 aromatic rings. The number of allylic oxidation sites excluding steroid dienone is 2. The van der Waals surface area contributed by atoms with E-state index >= 15 is 0 Å². The number of hydrogen-bond acceptors (Lipinski definition) is 3. The van der Waals surface area contributed by atoms with E-state index in [-0.39, 0.29) is 0 Å². The Morgan fingerprint density at radius 2 is 2.00 bits per heavy atom. The summed E-state index contributed by atoms with van der Waals surface area (Å²) in [6.07, 6.45) is 9.03. The molecule has 102 valence electrons. The smallest absolute Gasteiger partial charge is 0.161 e. The molecule has 0 unspecified atom stereocenters. The minimum atomic E-state index is 0.636. The highest BCUT2D eigenvalue weighted by atomic mass is 16.5. The molecule has 1 N–H and O–H groups in total. The summed E-state index contributed by atoms with van der Waals surface area (Å²) in [5, 5.41) is 3.38. The Labute approximate surface area is 114 Å². The number of methoxy groups -OCH3 is 1. The first-order valence-corrected chi connectivity index (χ1v) is 6.72. The third-order valence-electron chi connectivity index (χ3n) is 3.01. The van der Waals surface area contributed by atoms with Gasteiger partial charge in [0.05, 0.1) is 7.11 Å². The van der Waals surface area contributed by atoms with Crippen molar-refractivity contribution in [2.75, 3.05) is 26.8 Å². The highest BCUT2D eigenvalue weighted by Gasteiger charge is 2.02. The Balaban J connectivity index is 1.66. The van der Waals surface area contributed by atoms with Crippen LogP contribution in [-0.4, -0.2) is 26.8 Å². The third kappa shape index (κ3) is 4.45. The van der Waals surface area contributed by atoms with Crippen LogP contribution in [0, 0.1) is 0 Å². The van der Waals surface area contributed by atoms with Crippen LogP contribution in [0.4, 0.5) is 0 Å². The number of benzene rings is 1. The topological polar surface area (TPSA) is 30.5 Å². The molecular weight excluding hydrogens is 238 g/mol. The highest BCUT2D eigenvalue weighted by molar-refractivity contribution is 5.39. The number of hydrogen-bond donors (Lipinski definition) is 1. The second-order valence-electron chi connectivity index (χ2n) is 4.43. The van der Waals surface area contributed by atoms with Gasteiger partial charge in [-0.1, -0.05) is 30.4 Å². The fraction of sp³-hybridized carbons (Fsp3) is 0.375. The van der Waals surface area contributed by atoms with Crippen LogP contribution in [-0.2, 0) is 0 Å². The highest BCUT2D eigenvalue weighted by Crippen LogP contribution is 2.25. The second-order valence-corrected chi connectivity index (χ2v) is 4.43. The largest absolute Gasteiger partial charge is 0.493 e. The molecule has 0 fully saturated rings. The maximum Gasteiger partial charge on any atom is 0.161 e. The predicted octanol–water partition coefficient (Wildman–Crippen LogP) is 2.94. The van der Waals surface area contributed by atoms with Gasteiger partial charge in [0.15, 0.2) is 11.5 Å². The molecule has 0 saturated carbocycles. The van der Waals surface area contributed by atoms with Crippen molar-refractivity contribution in [1.82, 2.24) is 5.32 Å². The lowest BCUT2D eigenvalue weighted by atomic mass is 10.1. The summed E-state index contributed by atoms with van der Waals surface area (Å²) in [7, 11) is 1.66. The predicted molar refractivity (Wildman–Crippen MR) is 77.8 cm³/mol. The molecule has 0 radical (unpaired) electrons. The monoisotopic (exact) mass is 259 g/mol. The first-order chi connectivity index (χ1) is 9.40. The van der Waals surface area contributed by atoms with E-state index in [2.05, 4.69) is 23.5 Å². The van der Waals surface area contributed by atoms with Crippen molar-refractivity contribution >= 4 is 0 Å². The number of rotatable bonds is 7. The molecule has 1 aliphatic carbocycles. The van der Waals surface area contributed by atoms with E-state index in [9.17, 15) is 0 Å². The first-order valence-electron chi connectivity index (χ1n) is 6.72. The zero-order chi connectivity index (χ0) is 13.3. The fourth-order valence-electron chi connectivity index (χ4n) is 2.00. The minimum absolute atomic E-state index is 0.636. The lowest BCUT2D eigenvalue weighted by molar-refractivity contribution is 0.294. The zero-order valence-electron chi connectivity index (χ0n) is 11.4. The van der Waals surface area contributed by atoms with Gasteiger partial charge in [-0.05, 0) is 30.5 Å². The fourth-order valence-corrected chi connectivity index (χ4v) is 2.00. The lowest BCUT2D eigenvalue weighted by Gasteiger charge is -2.11. The number of nitrogens with one attached hydrogen (secondary N) is 1. The van der Waals surface area contributed by atoms with Crippen molar-refractivity contribution in [2.24, 2.45) is 0 Å². The zero-order valence-corrected chi connectivity index (χ0v) is 11.4. The average Bonchev–Trinajstić information content (AvgIpc) is 2.48. The Morgan fingerprint density at radius 3 is 2.74 bits per heavy atom. The van der Waals surface area contributed by atoms with E-state index in [0.29, 0.717) is 6.61 Å². The second kappa shape index (κ2) is 7.64. The summed E-state index contributed by atoms with van der Waals surface area (Å²) in [5.74, 6) is 1.57. The van der Waals surface area contributed by atoms with Crippen molar-refractivity contribution < 1.29 is 9.47 Å². The van der Waals surface area contributed by atoms with Gasteiger partial charge in [0.1, 0.15) is 6.61 Å². The normalized spacial score (nSPS) is 14.1. The summed E-state index contributed by atoms with van der Waals surface area (Å²) in [6, 6.07) is 7.71. The van der Waals surface area contributed by atoms with Crippen molar-refractivity contribution in [3.63, 3.8) is 0 Å². The van der Waals surface area contributed by atoms with Gasteiger partial charge in [0.25, 0.3) is 0 Å². The maximum atomic E-state index is 5.69. The van der Waals surface area contributed by atoms with E-state index in [1.54, 1.807) is 7.11 Å². The standard InChI is InChI=1S/C16H21NO2/c1-18-15-9-5-6-10-16(15)19-12-11-17-13-14-7-3-2-4-8-14/h3,5-10,17H,2,4,11-13H2,1H3. The van der Waals surface area contributed by atoms with Crippen LogP contribution in [0.5, 0.6) is 11.5 Å². The number of ether oxygens (including phenoxy) is 2. The molecule has 0 aromatic heterocycles. The Morgan fingerprint density at radius 1 is 1.16 bits per heavy atom. The molecule has 3 nitrogen and oxygen atoms in total. The maximum absolute atomic E-state index is 5.69. The summed E-state index contributed by atoms with van der Waals surface area (Å²) >= 11 is 0. The van der Waals surface area contributed by atoms with Crippen molar-refractivity contribution in [3.05, 3.63) is 48.1 Å². The van der Waals surface area contributed by atoms with Gasteiger partial charge in [-0.2, -0.15) is 0 Å². The molecule has 0 heterocycles. The van der Waals surface area contributed by atoms with Crippen LogP contribution in [0.1, 0.15) is 12.8 Å². The van der Waals surface area contributed by atoms with Gasteiger partial charge in [0.2, 0.25) is 0 Å². The van der Waals surface area contributed by atoms with E-state index in [0.717, 1.165) is 31.0 Å². The SMILES string of the molecule is COc1ccccc1OCCNCC1=CCCC=C1. The Bertz CT molecular complexity index is 452. The van der Waals surface area contributed by atoms with Gasteiger partial charge < -0.3 is 14.8 Å². The quantitative estimate of drug-likeness (QED) is 0.764. The van der Waals surface area contributed by atoms with Crippen molar-refractivity contribution in [1.29, 1.82) is 0 Å². The van der Waals surface area contributed by atoms with Gasteiger partial charge in [0, 0.05) is 13.1 Å². The van der Waals surface area contributed by atoms with Crippen LogP contribution in [0.15, 0.2) is 48.1 Å². The van der Waals surface area contributed by atoms with Gasteiger partial charge in [-0.25, -0.2) is 0 Å². The van der Waals surface area contributed by atoms with Crippen LogP contribution < -0.4 is 14.8 Å². The number of para-hydroxylation sites is 2. The molecule has 0 atom stereocenters. The molecule has 1 aromatic carbocycles. The van der Waals surface area contributed by atoms with Crippen molar-refractivity contribution in [3.8, 4) is 11.5 Å². The molecule has 2 rings (SSSR count). The molecular formula is C16H21NO2. The van der Waals surface area contributed by atoms with Gasteiger partial charge in [-0.15, -0.1) is 0 Å². The van der Waals surface area contributed by atoms with Gasteiger partial charge in [-0.3, -0.25) is 0 Å². The summed E-state index contributed by atoms with van der Waals surface area (Å²) < 4.78 is 10.9. The summed E-state index contributed by atoms with van der Waals surface area (Å²) in [6.45, 7) is 2.37. The Kier molecular flexibility index (Phi) is 5.50. The molecule has 0 amide bonds.